The molecule has 0 aliphatic heterocycles. The lowest BCUT2D eigenvalue weighted by molar-refractivity contribution is 0.0696. The zero-order valence-corrected chi connectivity index (χ0v) is 8.22. The molecule has 0 bridgehead atoms. The molecule has 3 nitrogen and oxygen atoms in total. The number of carboxylic acids is 1. The van der Waals surface area contributed by atoms with Crippen LogP contribution in [-0.4, -0.2) is 16.1 Å². The minimum absolute atomic E-state index is 0.144. The van der Waals surface area contributed by atoms with Crippen molar-refractivity contribution in [2.24, 2.45) is 0 Å². The average Bonchev–Trinajstić information content (AvgIpc) is 2.82. The van der Waals surface area contributed by atoms with Gasteiger partial charge in [0.15, 0.2) is 0 Å². The summed E-state index contributed by atoms with van der Waals surface area (Å²) in [6.45, 7) is 0. The highest BCUT2D eigenvalue weighted by molar-refractivity contribution is 7.11. The van der Waals surface area contributed by atoms with Crippen LogP contribution in [0.5, 0.6) is 0 Å². The van der Waals surface area contributed by atoms with E-state index in [0.717, 1.165) is 11.3 Å². The Morgan fingerprint density at radius 1 is 1.31 bits per heavy atom. The zero-order valence-electron chi connectivity index (χ0n) is 6.58. The van der Waals surface area contributed by atoms with Crippen LogP contribution in [0.4, 0.5) is 0 Å². The summed E-state index contributed by atoms with van der Waals surface area (Å²) >= 11 is 2.83. The maximum absolute atomic E-state index is 10.0. The Kier molecular flexibility index (Phi) is 4.14. The van der Waals surface area contributed by atoms with Crippen LogP contribution >= 0.6 is 22.7 Å². The lowest BCUT2D eigenvalue weighted by Gasteiger charge is -1.77. The number of carbonyl (C=O) groups is 1. The van der Waals surface area contributed by atoms with Gasteiger partial charge in [-0.2, -0.15) is 11.3 Å². The summed E-state index contributed by atoms with van der Waals surface area (Å²) in [7, 11) is 0. The quantitative estimate of drug-likeness (QED) is 0.792. The van der Waals surface area contributed by atoms with Gasteiger partial charge >= 0.3 is 5.97 Å². The molecule has 1 N–H and O–H groups in total. The molecule has 2 aromatic rings. The monoisotopic (exact) mass is 213 g/mol. The zero-order chi connectivity index (χ0) is 9.52. The van der Waals surface area contributed by atoms with Crippen molar-refractivity contribution >= 4 is 28.6 Å². The van der Waals surface area contributed by atoms with E-state index >= 15 is 0 Å². The van der Waals surface area contributed by atoms with Crippen molar-refractivity contribution in [3.8, 4) is 0 Å². The molecule has 0 aromatic carbocycles. The third-order valence-corrected chi connectivity index (χ3v) is 2.43. The van der Waals surface area contributed by atoms with Crippen molar-refractivity contribution in [3.63, 3.8) is 0 Å². The van der Waals surface area contributed by atoms with E-state index in [1.54, 1.807) is 16.7 Å². The van der Waals surface area contributed by atoms with Crippen LogP contribution in [0, 0.1) is 0 Å². The average molecular weight is 213 g/mol. The molecule has 0 atom stereocenters. The molecule has 0 aliphatic rings. The van der Waals surface area contributed by atoms with Crippen molar-refractivity contribution in [1.29, 1.82) is 0 Å². The van der Waals surface area contributed by atoms with Crippen molar-refractivity contribution in [2.45, 2.75) is 0 Å². The molecule has 0 saturated heterocycles. The molecule has 0 fully saturated rings. The van der Waals surface area contributed by atoms with Crippen LogP contribution < -0.4 is 0 Å². The molecule has 5 heteroatoms. The molecule has 13 heavy (non-hydrogen) atoms. The number of aromatic nitrogens is 1. The summed E-state index contributed by atoms with van der Waals surface area (Å²) in [5, 5.41) is 14.1. The first-order chi connectivity index (χ1) is 6.30. The molecule has 68 valence electrons. The molecular weight excluding hydrogens is 206 g/mol. The molecule has 0 radical (unpaired) electrons. The van der Waals surface area contributed by atoms with Gasteiger partial charge in [0, 0.05) is 11.6 Å². The van der Waals surface area contributed by atoms with Gasteiger partial charge in [-0.05, 0) is 10.8 Å². The minimum atomic E-state index is -0.958. The first-order valence-corrected chi connectivity index (χ1v) is 5.23. The van der Waals surface area contributed by atoms with Gasteiger partial charge in [-0.25, -0.2) is 9.78 Å². The second-order valence-electron chi connectivity index (χ2n) is 1.94. The number of rotatable bonds is 1. The van der Waals surface area contributed by atoms with E-state index in [4.69, 9.17) is 5.11 Å². The summed E-state index contributed by atoms with van der Waals surface area (Å²) in [6.07, 6.45) is 1.47. The van der Waals surface area contributed by atoms with E-state index in [1.807, 2.05) is 22.9 Å². The van der Waals surface area contributed by atoms with E-state index < -0.39 is 5.97 Å². The third kappa shape index (κ3) is 3.82. The van der Waals surface area contributed by atoms with Crippen LogP contribution in [0.25, 0.3) is 0 Å². The fraction of sp³-hybridized carbons (Fsp3) is 0. The molecule has 0 aliphatic carbocycles. The predicted octanol–water partition coefficient (Wildman–Crippen LogP) is 2.59. The topological polar surface area (TPSA) is 50.2 Å². The molecular formula is C8H7NO2S2. The lowest BCUT2D eigenvalue weighted by atomic mass is 10.7. The number of thiazole rings is 1. The van der Waals surface area contributed by atoms with Gasteiger partial charge in [0.2, 0.25) is 5.01 Å². The van der Waals surface area contributed by atoms with E-state index in [0.29, 0.717) is 0 Å². The highest BCUT2D eigenvalue weighted by Gasteiger charge is 2.01. The number of hydrogen-bond donors (Lipinski definition) is 1. The van der Waals surface area contributed by atoms with Crippen LogP contribution in [0.3, 0.4) is 0 Å². The number of aromatic carboxylic acids is 1. The molecule has 2 rings (SSSR count). The molecule has 0 amide bonds. The van der Waals surface area contributed by atoms with Crippen molar-refractivity contribution in [1.82, 2.24) is 4.98 Å². The number of carboxylic acid groups (broad SMARTS) is 1. The van der Waals surface area contributed by atoms with Crippen LogP contribution in [-0.2, 0) is 0 Å². The van der Waals surface area contributed by atoms with Crippen LogP contribution in [0.15, 0.2) is 34.5 Å². The largest absolute Gasteiger partial charge is 0.476 e. The fourth-order valence-corrected chi connectivity index (χ4v) is 1.48. The Labute approximate surface area is 83.3 Å². The number of nitrogens with zero attached hydrogens (tertiary/aromatic N) is 1. The summed E-state index contributed by atoms with van der Waals surface area (Å²) < 4.78 is 0. The Hall–Kier alpha value is -1.20. The molecule has 2 aromatic heterocycles. The maximum Gasteiger partial charge on any atom is 0.364 e. The highest BCUT2D eigenvalue weighted by atomic mass is 32.1. The normalized spacial score (nSPS) is 8.62. The third-order valence-electron chi connectivity index (χ3n) is 1.04. The van der Waals surface area contributed by atoms with Crippen molar-refractivity contribution < 1.29 is 9.90 Å². The number of thiophene rings is 1. The Balaban J connectivity index is 0.000000145. The lowest BCUT2D eigenvalue weighted by Crippen LogP contribution is -1.92. The van der Waals surface area contributed by atoms with Crippen molar-refractivity contribution in [3.05, 3.63) is 39.5 Å². The van der Waals surface area contributed by atoms with Crippen molar-refractivity contribution in [2.75, 3.05) is 0 Å². The smallest absolute Gasteiger partial charge is 0.364 e. The SMILES string of the molecule is O=C(O)c1nccs1.c1ccsc1. The van der Waals surface area contributed by atoms with E-state index in [2.05, 4.69) is 4.98 Å². The standard InChI is InChI=1S/C4H3NO2S.C4H4S/c6-4(7)3-5-1-2-8-3;1-2-4-5-3-1/h1-2H,(H,6,7);1-4H. The second kappa shape index (κ2) is 5.45. The molecule has 0 saturated carbocycles. The first kappa shape index (κ1) is 9.88. The molecule has 2 heterocycles. The summed E-state index contributed by atoms with van der Waals surface area (Å²) in [5.41, 5.74) is 0. The minimum Gasteiger partial charge on any atom is -0.476 e. The molecule has 0 spiro atoms. The summed E-state index contributed by atoms with van der Waals surface area (Å²) in [5.74, 6) is -0.958. The van der Waals surface area contributed by atoms with Gasteiger partial charge in [-0.3, -0.25) is 0 Å². The summed E-state index contributed by atoms with van der Waals surface area (Å²) in [4.78, 5) is 13.5. The molecule has 0 unspecified atom stereocenters. The Morgan fingerprint density at radius 2 is 2.00 bits per heavy atom. The first-order valence-electron chi connectivity index (χ1n) is 3.40. The van der Waals surface area contributed by atoms with Gasteiger partial charge in [0.25, 0.3) is 0 Å². The van der Waals surface area contributed by atoms with Gasteiger partial charge in [-0.1, -0.05) is 12.1 Å². The second-order valence-corrected chi connectivity index (χ2v) is 3.65. The van der Waals surface area contributed by atoms with Gasteiger partial charge < -0.3 is 5.11 Å². The van der Waals surface area contributed by atoms with Crippen LogP contribution in [0.2, 0.25) is 0 Å². The Bertz CT molecular complexity index is 312. The van der Waals surface area contributed by atoms with Gasteiger partial charge in [0.05, 0.1) is 0 Å². The highest BCUT2D eigenvalue weighted by Crippen LogP contribution is 2.01. The van der Waals surface area contributed by atoms with Gasteiger partial charge in [-0.15, -0.1) is 11.3 Å². The van der Waals surface area contributed by atoms with E-state index in [-0.39, 0.29) is 5.01 Å². The fourth-order valence-electron chi connectivity index (χ4n) is 0.556. The Morgan fingerprint density at radius 3 is 2.23 bits per heavy atom. The number of hydrogen-bond acceptors (Lipinski definition) is 4. The van der Waals surface area contributed by atoms with Gasteiger partial charge in [0.1, 0.15) is 0 Å². The summed E-state index contributed by atoms with van der Waals surface area (Å²) in [6, 6.07) is 4.04. The van der Waals surface area contributed by atoms with Crippen LogP contribution in [0.1, 0.15) is 9.80 Å². The maximum atomic E-state index is 10.0. The van der Waals surface area contributed by atoms with E-state index in [1.165, 1.54) is 6.20 Å². The van der Waals surface area contributed by atoms with E-state index in [9.17, 15) is 4.79 Å². The predicted molar refractivity (Wildman–Crippen MR) is 53.4 cm³/mol.